The van der Waals surface area contributed by atoms with Gasteiger partial charge >= 0.3 is 5.97 Å². The number of hydrogen-bond donors (Lipinski definition) is 2. The van der Waals surface area contributed by atoms with E-state index in [4.69, 9.17) is 0 Å². The molecule has 1 fully saturated rings. The Hall–Kier alpha value is -1.84. The minimum atomic E-state index is -0.976. The number of nitrogens with one attached hydrogen (secondary N) is 1. The maximum atomic E-state index is 12.6. The van der Waals surface area contributed by atoms with E-state index in [0.717, 1.165) is 24.8 Å². The van der Waals surface area contributed by atoms with Crippen molar-refractivity contribution in [3.05, 3.63) is 35.9 Å². The average Bonchev–Trinajstić information content (AvgIpc) is 2.35. The van der Waals surface area contributed by atoms with Crippen LogP contribution in [0.3, 0.4) is 0 Å². The maximum absolute atomic E-state index is 12.6. The molecule has 0 aliphatic heterocycles. The standard InChI is InChI=1S/C16H21NO3/c1-11(2)13(14(18)19)17-15(20)16(9-6-10-16)12-7-4-3-5-8-12/h3-5,7-8,11,13H,6,9-10H2,1-2H3,(H,17,20)(H,18,19)/t13-/m0/s1. The number of benzene rings is 1. The topological polar surface area (TPSA) is 66.4 Å². The van der Waals surface area contributed by atoms with Gasteiger partial charge in [-0.3, -0.25) is 4.79 Å². The number of hydrogen-bond acceptors (Lipinski definition) is 2. The molecule has 1 atom stereocenters. The predicted molar refractivity (Wildman–Crippen MR) is 76.4 cm³/mol. The fourth-order valence-electron chi connectivity index (χ4n) is 2.73. The fraction of sp³-hybridized carbons (Fsp3) is 0.500. The molecule has 20 heavy (non-hydrogen) atoms. The summed E-state index contributed by atoms with van der Waals surface area (Å²) in [6.45, 7) is 3.60. The van der Waals surface area contributed by atoms with Crippen molar-refractivity contribution >= 4 is 11.9 Å². The van der Waals surface area contributed by atoms with E-state index in [0.29, 0.717) is 0 Å². The summed E-state index contributed by atoms with van der Waals surface area (Å²) in [5.74, 6) is -1.27. The van der Waals surface area contributed by atoms with Gasteiger partial charge in [-0.2, -0.15) is 0 Å². The van der Waals surface area contributed by atoms with Gasteiger partial charge in [0.25, 0.3) is 0 Å². The van der Waals surface area contributed by atoms with E-state index in [2.05, 4.69) is 5.32 Å². The molecule has 2 N–H and O–H groups in total. The van der Waals surface area contributed by atoms with Crippen LogP contribution in [0.15, 0.2) is 30.3 Å². The minimum absolute atomic E-state index is 0.135. The highest BCUT2D eigenvalue weighted by atomic mass is 16.4. The normalized spacial score (nSPS) is 18.1. The van der Waals surface area contributed by atoms with Crippen LogP contribution in [0.1, 0.15) is 38.7 Å². The van der Waals surface area contributed by atoms with E-state index in [1.54, 1.807) is 13.8 Å². The molecular weight excluding hydrogens is 254 g/mol. The van der Waals surface area contributed by atoms with E-state index in [1.165, 1.54) is 0 Å². The van der Waals surface area contributed by atoms with Gasteiger partial charge in [-0.15, -0.1) is 0 Å². The molecule has 1 saturated carbocycles. The third-order valence-corrected chi connectivity index (χ3v) is 4.19. The van der Waals surface area contributed by atoms with Crippen LogP contribution in [-0.4, -0.2) is 23.0 Å². The van der Waals surface area contributed by atoms with Gasteiger partial charge in [0.15, 0.2) is 0 Å². The molecule has 1 aliphatic carbocycles. The summed E-state index contributed by atoms with van der Waals surface area (Å²) in [5.41, 5.74) is 0.445. The third kappa shape index (κ3) is 2.55. The number of carbonyl (C=O) groups excluding carboxylic acids is 1. The van der Waals surface area contributed by atoms with Crippen LogP contribution >= 0.6 is 0 Å². The molecule has 1 aromatic rings. The first-order chi connectivity index (χ1) is 9.47. The lowest BCUT2D eigenvalue weighted by Gasteiger charge is -2.41. The minimum Gasteiger partial charge on any atom is -0.480 e. The molecule has 1 amide bonds. The molecule has 1 aromatic carbocycles. The van der Waals surface area contributed by atoms with Crippen LogP contribution in [0.4, 0.5) is 0 Å². The molecule has 0 unspecified atom stereocenters. The first-order valence-corrected chi connectivity index (χ1v) is 7.07. The lowest BCUT2D eigenvalue weighted by atomic mass is 9.63. The van der Waals surface area contributed by atoms with Gasteiger partial charge in [0.2, 0.25) is 5.91 Å². The summed E-state index contributed by atoms with van der Waals surface area (Å²) < 4.78 is 0. The first kappa shape index (κ1) is 14.6. The van der Waals surface area contributed by atoms with Gasteiger partial charge in [-0.05, 0) is 24.3 Å². The number of rotatable bonds is 5. The van der Waals surface area contributed by atoms with Gasteiger partial charge in [0.1, 0.15) is 6.04 Å². The molecule has 1 aliphatic rings. The maximum Gasteiger partial charge on any atom is 0.326 e. The van der Waals surface area contributed by atoms with Crippen LogP contribution in [0.5, 0.6) is 0 Å². The van der Waals surface area contributed by atoms with Crippen LogP contribution in [-0.2, 0) is 15.0 Å². The Morgan fingerprint density at radius 1 is 1.20 bits per heavy atom. The van der Waals surface area contributed by atoms with Crippen molar-refractivity contribution < 1.29 is 14.7 Å². The fourth-order valence-corrected chi connectivity index (χ4v) is 2.73. The zero-order valence-corrected chi connectivity index (χ0v) is 11.9. The number of carboxylic acid groups (broad SMARTS) is 1. The molecule has 0 radical (unpaired) electrons. The molecule has 0 bridgehead atoms. The van der Waals surface area contributed by atoms with Crippen molar-refractivity contribution in [3.8, 4) is 0 Å². The highest BCUT2D eigenvalue weighted by molar-refractivity contribution is 5.92. The Kier molecular flexibility index (Phi) is 4.12. The van der Waals surface area contributed by atoms with Gasteiger partial charge in [-0.25, -0.2) is 4.79 Å². The highest BCUT2D eigenvalue weighted by Crippen LogP contribution is 2.44. The van der Waals surface area contributed by atoms with Crippen molar-refractivity contribution in [1.29, 1.82) is 0 Å². The van der Waals surface area contributed by atoms with Crippen molar-refractivity contribution in [2.24, 2.45) is 5.92 Å². The summed E-state index contributed by atoms with van der Waals surface area (Å²) in [5, 5.41) is 11.9. The number of amides is 1. The second kappa shape index (κ2) is 5.65. The Balaban J connectivity index is 2.20. The third-order valence-electron chi connectivity index (χ3n) is 4.19. The molecule has 4 heteroatoms. The molecule has 0 saturated heterocycles. The molecule has 0 aromatic heterocycles. The Morgan fingerprint density at radius 2 is 1.80 bits per heavy atom. The Bertz CT molecular complexity index is 492. The van der Waals surface area contributed by atoms with Crippen molar-refractivity contribution in [1.82, 2.24) is 5.32 Å². The quantitative estimate of drug-likeness (QED) is 0.866. The number of carbonyl (C=O) groups is 2. The van der Waals surface area contributed by atoms with Crippen LogP contribution < -0.4 is 5.32 Å². The summed E-state index contributed by atoms with van der Waals surface area (Å²) in [6, 6.07) is 8.82. The smallest absolute Gasteiger partial charge is 0.326 e. The summed E-state index contributed by atoms with van der Waals surface area (Å²) in [6.07, 6.45) is 2.57. The van der Waals surface area contributed by atoms with Crippen molar-refractivity contribution in [3.63, 3.8) is 0 Å². The zero-order chi connectivity index (χ0) is 14.8. The van der Waals surface area contributed by atoms with Gasteiger partial charge in [0.05, 0.1) is 5.41 Å². The van der Waals surface area contributed by atoms with Gasteiger partial charge in [0, 0.05) is 0 Å². The van der Waals surface area contributed by atoms with Crippen LogP contribution in [0.2, 0.25) is 0 Å². The second-order valence-corrected chi connectivity index (χ2v) is 5.84. The summed E-state index contributed by atoms with van der Waals surface area (Å²) in [7, 11) is 0. The molecule has 0 heterocycles. The van der Waals surface area contributed by atoms with E-state index >= 15 is 0 Å². The van der Waals surface area contributed by atoms with Gasteiger partial charge < -0.3 is 10.4 Å². The molecule has 0 spiro atoms. The zero-order valence-electron chi connectivity index (χ0n) is 11.9. The monoisotopic (exact) mass is 275 g/mol. The van der Waals surface area contributed by atoms with E-state index in [9.17, 15) is 14.7 Å². The van der Waals surface area contributed by atoms with E-state index < -0.39 is 17.4 Å². The van der Waals surface area contributed by atoms with Gasteiger partial charge in [-0.1, -0.05) is 50.6 Å². The van der Waals surface area contributed by atoms with E-state index in [1.807, 2.05) is 30.3 Å². The van der Waals surface area contributed by atoms with E-state index in [-0.39, 0.29) is 11.8 Å². The number of aliphatic carboxylic acids is 1. The molecular formula is C16H21NO3. The lowest BCUT2D eigenvalue weighted by Crippen LogP contribution is -2.55. The molecule has 2 rings (SSSR count). The summed E-state index contributed by atoms with van der Waals surface area (Å²) >= 11 is 0. The van der Waals surface area contributed by atoms with Crippen molar-refractivity contribution in [2.75, 3.05) is 0 Å². The lowest BCUT2D eigenvalue weighted by molar-refractivity contribution is -0.144. The second-order valence-electron chi connectivity index (χ2n) is 5.84. The number of carboxylic acids is 1. The Labute approximate surface area is 119 Å². The molecule has 108 valence electrons. The van der Waals surface area contributed by atoms with Crippen LogP contribution in [0, 0.1) is 5.92 Å². The van der Waals surface area contributed by atoms with Crippen LogP contribution in [0.25, 0.3) is 0 Å². The molecule has 4 nitrogen and oxygen atoms in total. The Morgan fingerprint density at radius 3 is 2.20 bits per heavy atom. The largest absolute Gasteiger partial charge is 0.480 e. The summed E-state index contributed by atoms with van der Waals surface area (Å²) in [4.78, 5) is 23.8. The average molecular weight is 275 g/mol. The predicted octanol–water partition coefficient (Wildman–Crippen LogP) is 2.33. The first-order valence-electron chi connectivity index (χ1n) is 7.07. The highest BCUT2D eigenvalue weighted by Gasteiger charge is 2.46. The SMILES string of the molecule is CC(C)[C@H](NC(=O)C1(c2ccccc2)CCC1)C(=O)O. The van der Waals surface area contributed by atoms with Crippen molar-refractivity contribution in [2.45, 2.75) is 44.6 Å².